The minimum absolute atomic E-state index is 0.0722. The van der Waals surface area contributed by atoms with Gasteiger partial charge in [-0.2, -0.15) is 0 Å². The zero-order valence-corrected chi connectivity index (χ0v) is 21.3. The van der Waals surface area contributed by atoms with Crippen LogP contribution in [0.1, 0.15) is 49.1 Å². The van der Waals surface area contributed by atoms with Crippen LogP contribution in [0.4, 0.5) is 4.79 Å². The number of amides is 1. The highest BCUT2D eigenvalue weighted by Crippen LogP contribution is 2.44. The Morgan fingerprint density at radius 1 is 0.714 bits per heavy atom. The minimum Gasteiger partial charge on any atom is -0.449 e. The van der Waals surface area contributed by atoms with Crippen molar-refractivity contribution in [3.8, 4) is 11.1 Å². The van der Waals surface area contributed by atoms with Gasteiger partial charge in [-0.05, 0) is 41.5 Å². The molecule has 0 spiro atoms. The van der Waals surface area contributed by atoms with Crippen molar-refractivity contribution in [2.75, 3.05) is 58.7 Å². The van der Waals surface area contributed by atoms with Gasteiger partial charge in [0.2, 0.25) is 0 Å². The highest BCUT2D eigenvalue weighted by Gasteiger charge is 2.28. The van der Waals surface area contributed by atoms with E-state index in [1.54, 1.807) is 0 Å². The van der Waals surface area contributed by atoms with Crippen LogP contribution in [0.3, 0.4) is 0 Å². The lowest BCUT2D eigenvalue weighted by Gasteiger charge is -2.14. The van der Waals surface area contributed by atoms with Crippen LogP contribution in [0.5, 0.6) is 0 Å². The van der Waals surface area contributed by atoms with E-state index in [2.05, 4.69) is 29.6 Å². The molecule has 3 rings (SSSR count). The fraction of sp³-hybridized carbons (Fsp3) is 0.536. The Bertz CT molecular complexity index is 832. The van der Waals surface area contributed by atoms with E-state index in [4.69, 9.17) is 30.5 Å². The van der Waals surface area contributed by atoms with E-state index in [-0.39, 0.29) is 5.92 Å². The molecule has 6 nitrogen and oxygen atoms in total. The Morgan fingerprint density at radius 3 is 1.89 bits per heavy atom. The van der Waals surface area contributed by atoms with Gasteiger partial charge in [0, 0.05) is 31.6 Å². The summed E-state index contributed by atoms with van der Waals surface area (Å²) < 4.78 is 22.1. The molecule has 2 aromatic carbocycles. The topological polar surface area (TPSA) is 66.0 Å². The first-order valence-corrected chi connectivity index (χ1v) is 13.2. The summed E-state index contributed by atoms with van der Waals surface area (Å²) in [6.45, 7) is 4.43. The van der Waals surface area contributed by atoms with Crippen LogP contribution in [0.15, 0.2) is 48.5 Å². The number of carbonyl (C=O) groups is 1. The first kappa shape index (κ1) is 27.5. The fourth-order valence-corrected chi connectivity index (χ4v) is 4.40. The van der Waals surface area contributed by atoms with Crippen molar-refractivity contribution >= 4 is 17.7 Å². The van der Waals surface area contributed by atoms with Crippen molar-refractivity contribution in [2.45, 2.75) is 38.0 Å². The molecule has 0 atom stereocenters. The third-order valence-corrected chi connectivity index (χ3v) is 6.26. The lowest BCUT2D eigenvalue weighted by molar-refractivity contribution is 0.0135. The molecular formula is C28H38ClNO5. The summed E-state index contributed by atoms with van der Waals surface area (Å²) in [4.78, 5) is 12.2. The van der Waals surface area contributed by atoms with Crippen molar-refractivity contribution in [1.82, 2.24) is 5.32 Å². The number of benzene rings is 2. The molecule has 0 heterocycles. The highest BCUT2D eigenvalue weighted by molar-refractivity contribution is 6.17. The van der Waals surface area contributed by atoms with Crippen LogP contribution in [-0.4, -0.2) is 64.8 Å². The number of nitrogens with one attached hydrogen (secondary N) is 1. The number of ether oxygens (including phenoxy) is 4. The van der Waals surface area contributed by atoms with Crippen molar-refractivity contribution in [3.05, 3.63) is 59.7 Å². The van der Waals surface area contributed by atoms with Gasteiger partial charge in [0.25, 0.3) is 0 Å². The molecule has 0 saturated carbocycles. The summed E-state index contributed by atoms with van der Waals surface area (Å²) in [5, 5.41) is 2.81. The molecule has 192 valence electrons. The van der Waals surface area contributed by atoms with E-state index in [0.29, 0.717) is 46.2 Å². The van der Waals surface area contributed by atoms with Gasteiger partial charge < -0.3 is 24.3 Å². The fourth-order valence-electron chi connectivity index (χ4n) is 4.21. The van der Waals surface area contributed by atoms with Crippen molar-refractivity contribution in [3.63, 3.8) is 0 Å². The molecular weight excluding hydrogens is 466 g/mol. The van der Waals surface area contributed by atoms with E-state index in [0.717, 1.165) is 38.2 Å². The maximum atomic E-state index is 12.2. The largest absolute Gasteiger partial charge is 0.449 e. The number of carbonyl (C=O) groups excluding carboxylic acids is 1. The average molecular weight is 504 g/mol. The van der Waals surface area contributed by atoms with Gasteiger partial charge in [-0.1, -0.05) is 61.4 Å². The maximum Gasteiger partial charge on any atom is 0.407 e. The normalized spacial score (nSPS) is 12.4. The zero-order valence-electron chi connectivity index (χ0n) is 20.5. The lowest BCUT2D eigenvalue weighted by Crippen LogP contribution is -2.27. The standard InChI is InChI=1S/C28H38ClNO5/c29-14-7-1-2-8-16-32-18-20-34-21-19-33-17-9-15-30-28(31)35-22-27-25-12-5-3-10-23(25)24-11-4-6-13-26(24)27/h3-6,10-13,27H,1-2,7-9,14-22H2,(H,30,31). The number of alkyl carbamates (subject to hydrolysis) is 1. The quantitative estimate of drug-likeness (QED) is 0.207. The predicted molar refractivity (Wildman–Crippen MR) is 139 cm³/mol. The molecule has 0 fully saturated rings. The molecule has 0 saturated heterocycles. The van der Waals surface area contributed by atoms with Gasteiger partial charge in [0.05, 0.1) is 26.4 Å². The number of alkyl halides is 1. The molecule has 0 unspecified atom stereocenters. The van der Waals surface area contributed by atoms with E-state index >= 15 is 0 Å². The minimum atomic E-state index is -0.394. The monoisotopic (exact) mass is 503 g/mol. The average Bonchev–Trinajstić information content (AvgIpc) is 3.21. The van der Waals surface area contributed by atoms with Crippen LogP contribution in [0, 0.1) is 0 Å². The third-order valence-electron chi connectivity index (χ3n) is 5.99. The van der Waals surface area contributed by atoms with E-state index in [1.807, 2.05) is 24.3 Å². The first-order chi connectivity index (χ1) is 17.3. The predicted octanol–water partition coefficient (Wildman–Crippen LogP) is 5.76. The summed E-state index contributed by atoms with van der Waals surface area (Å²) in [6, 6.07) is 16.6. The highest BCUT2D eigenvalue weighted by atomic mass is 35.5. The van der Waals surface area contributed by atoms with Crippen molar-refractivity contribution in [2.24, 2.45) is 0 Å². The number of unbranched alkanes of at least 4 members (excludes halogenated alkanes) is 3. The second kappa shape index (κ2) is 16.5. The molecule has 7 heteroatoms. The molecule has 0 radical (unpaired) electrons. The van der Waals surface area contributed by atoms with Gasteiger partial charge >= 0.3 is 6.09 Å². The van der Waals surface area contributed by atoms with Crippen LogP contribution in [0.25, 0.3) is 11.1 Å². The second-order valence-corrected chi connectivity index (χ2v) is 8.92. The Labute approximate surface area is 214 Å². The number of halogens is 1. The Morgan fingerprint density at radius 2 is 1.26 bits per heavy atom. The van der Waals surface area contributed by atoms with Gasteiger partial charge in [-0.15, -0.1) is 11.6 Å². The van der Waals surface area contributed by atoms with Gasteiger partial charge in [0.15, 0.2) is 0 Å². The number of fused-ring (bicyclic) bond motifs is 3. The molecule has 0 bridgehead atoms. The zero-order chi connectivity index (χ0) is 24.6. The molecule has 1 amide bonds. The van der Waals surface area contributed by atoms with E-state index in [1.165, 1.54) is 28.7 Å². The Hall–Kier alpha value is -2.12. The Balaban J connectivity index is 1.16. The first-order valence-electron chi connectivity index (χ1n) is 12.7. The third kappa shape index (κ3) is 9.45. The molecule has 1 aliphatic rings. The van der Waals surface area contributed by atoms with Crippen LogP contribution >= 0.6 is 11.6 Å². The summed E-state index contributed by atoms with van der Waals surface area (Å²) >= 11 is 5.65. The molecule has 35 heavy (non-hydrogen) atoms. The molecule has 0 aliphatic heterocycles. The summed E-state index contributed by atoms with van der Waals surface area (Å²) in [5.74, 6) is 0.814. The number of rotatable bonds is 18. The summed E-state index contributed by atoms with van der Waals surface area (Å²) in [6.07, 6.45) is 4.81. The van der Waals surface area contributed by atoms with Crippen LogP contribution in [-0.2, 0) is 18.9 Å². The number of hydrogen-bond acceptors (Lipinski definition) is 5. The second-order valence-electron chi connectivity index (χ2n) is 8.55. The SMILES string of the molecule is O=C(NCCCOCCOCCOCCCCCCCl)OCC1c2ccccc2-c2ccccc21. The molecule has 0 aromatic heterocycles. The van der Waals surface area contributed by atoms with Gasteiger partial charge in [-0.3, -0.25) is 0 Å². The van der Waals surface area contributed by atoms with Crippen LogP contribution < -0.4 is 5.32 Å². The molecule has 2 aromatic rings. The number of hydrogen-bond donors (Lipinski definition) is 1. The van der Waals surface area contributed by atoms with Crippen LogP contribution in [0.2, 0.25) is 0 Å². The lowest BCUT2D eigenvalue weighted by atomic mass is 9.98. The van der Waals surface area contributed by atoms with E-state index in [9.17, 15) is 4.79 Å². The molecule has 1 N–H and O–H groups in total. The summed E-state index contributed by atoms with van der Waals surface area (Å²) in [5.41, 5.74) is 4.86. The summed E-state index contributed by atoms with van der Waals surface area (Å²) in [7, 11) is 0. The van der Waals surface area contributed by atoms with Crippen molar-refractivity contribution in [1.29, 1.82) is 0 Å². The Kier molecular flexibility index (Phi) is 13.0. The van der Waals surface area contributed by atoms with Gasteiger partial charge in [0.1, 0.15) is 6.61 Å². The maximum absolute atomic E-state index is 12.2. The van der Waals surface area contributed by atoms with Crippen molar-refractivity contribution < 1.29 is 23.7 Å². The molecule has 1 aliphatic carbocycles. The van der Waals surface area contributed by atoms with E-state index < -0.39 is 6.09 Å². The van der Waals surface area contributed by atoms with Gasteiger partial charge in [-0.25, -0.2) is 4.79 Å². The smallest absolute Gasteiger partial charge is 0.407 e.